The molecule has 0 saturated carbocycles. The summed E-state index contributed by atoms with van der Waals surface area (Å²) in [6.07, 6.45) is 2.96. The molecule has 2 aliphatic rings. The number of hydrogen-bond donors (Lipinski definition) is 1. The second kappa shape index (κ2) is 4.49. The van der Waals surface area contributed by atoms with Crippen molar-refractivity contribution in [3.8, 4) is 0 Å². The fourth-order valence-electron chi connectivity index (χ4n) is 2.58. The standard InChI is InChI=1S/C11H21N3O/c1-12-9-7-11(15)14(8-9)10-3-5-13(2)6-4-10/h9-10,12H,3-8H2,1-2H3. The average molecular weight is 211 g/mol. The number of nitrogens with zero attached hydrogens (tertiary/aromatic N) is 2. The van der Waals surface area contributed by atoms with Gasteiger partial charge in [0.15, 0.2) is 0 Å². The molecule has 0 spiro atoms. The molecule has 86 valence electrons. The van der Waals surface area contributed by atoms with E-state index in [9.17, 15) is 4.79 Å². The fraction of sp³-hybridized carbons (Fsp3) is 0.909. The van der Waals surface area contributed by atoms with Crippen molar-refractivity contribution in [2.24, 2.45) is 0 Å². The van der Waals surface area contributed by atoms with Crippen LogP contribution in [0.5, 0.6) is 0 Å². The van der Waals surface area contributed by atoms with E-state index in [0.29, 0.717) is 24.4 Å². The van der Waals surface area contributed by atoms with Gasteiger partial charge in [0.2, 0.25) is 5.91 Å². The molecule has 2 aliphatic heterocycles. The van der Waals surface area contributed by atoms with Crippen molar-refractivity contribution in [3.63, 3.8) is 0 Å². The van der Waals surface area contributed by atoms with Crippen LogP contribution in [-0.4, -0.2) is 61.5 Å². The summed E-state index contributed by atoms with van der Waals surface area (Å²) in [5.74, 6) is 0.337. The zero-order chi connectivity index (χ0) is 10.8. The highest BCUT2D eigenvalue weighted by Gasteiger charge is 2.34. The number of amides is 1. The minimum atomic E-state index is 0.337. The summed E-state index contributed by atoms with van der Waals surface area (Å²) in [7, 11) is 4.09. The molecule has 0 aromatic rings. The van der Waals surface area contributed by atoms with Crippen LogP contribution >= 0.6 is 0 Å². The highest BCUT2D eigenvalue weighted by atomic mass is 16.2. The third-order valence-corrected chi connectivity index (χ3v) is 3.70. The molecule has 2 saturated heterocycles. The van der Waals surface area contributed by atoms with E-state index in [2.05, 4.69) is 22.2 Å². The molecule has 1 amide bonds. The van der Waals surface area contributed by atoms with Crippen molar-refractivity contribution in [2.75, 3.05) is 33.7 Å². The Kier molecular flexibility index (Phi) is 3.26. The number of carbonyl (C=O) groups is 1. The van der Waals surface area contributed by atoms with E-state index in [4.69, 9.17) is 0 Å². The molecule has 0 radical (unpaired) electrons. The van der Waals surface area contributed by atoms with Crippen LogP contribution in [0.3, 0.4) is 0 Å². The number of likely N-dealkylation sites (N-methyl/N-ethyl adjacent to an activating group) is 1. The predicted octanol–water partition coefficient (Wildman–Crippen LogP) is -0.0991. The summed E-state index contributed by atoms with van der Waals surface area (Å²) in [6.45, 7) is 3.15. The number of nitrogens with one attached hydrogen (secondary N) is 1. The minimum Gasteiger partial charge on any atom is -0.338 e. The number of piperidine rings is 1. The highest BCUT2D eigenvalue weighted by Crippen LogP contribution is 2.21. The maximum atomic E-state index is 11.8. The molecule has 0 aromatic heterocycles. The molecule has 0 aliphatic carbocycles. The maximum Gasteiger partial charge on any atom is 0.224 e. The van der Waals surface area contributed by atoms with Crippen LogP contribution in [0.15, 0.2) is 0 Å². The molecular formula is C11H21N3O. The first-order chi connectivity index (χ1) is 7.20. The molecular weight excluding hydrogens is 190 g/mol. The van der Waals surface area contributed by atoms with Gasteiger partial charge in [0.05, 0.1) is 0 Å². The number of rotatable bonds is 2. The molecule has 4 nitrogen and oxygen atoms in total. The Labute approximate surface area is 91.6 Å². The van der Waals surface area contributed by atoms with Gasteiger partial charge >= 0.3 is 0 Å². The smallest absolute Gasteiger partial charge is 0.224 e. The molecule has 0 aromatic carbocycles. The molecule has 1 unspecified atom stereocenters. The molecule has 0 bridgehead atoms. The predicted molar refractivity (Wildman–Crippen MR) is 59.7 cm³/mol. The van der Waals surface area contributed by atoms with Gasteiger partial charge in [-0.25, -0.2) is 0 Å². The van der Waals surface area contributed by atoms with Crippen LogP contribution in [0.4, 0.5) is 0 Å². The Morgan fingerprint density at radius 3 is 2.53 bits per heavy atom. The van der Waals surface area contributed by atoms with Gasteiger partial charge in [-0.15, -0.1) is 0 Å². The number of likely N-dealkylation sites (tertiary alicyclic amines) is 2. The molecule has 2 heterocycles. The largest absolute Gasteiger partial charge is 0.338 e. The lowest BCUT2D eigenvalue weighted by atomic mass is 10.0. The van der Waals surface area contributed by atoms with Crippen molar-refractivity contribution in [2.45, 2.75) is 31.3 Å². The average Bonchev–Trinajstić information content (AvgIpc) is 2.61. The molecule has 2 fully saturated rings. The van der Waals surface area contributed by atoms with Gasteiger partial charge in [-0.1, -0.05) is 0 Å². The minimum absolute atomic E-state index is 0.337. The first-order valence-corrected chi connectivity index (χ1v) is 5.86. The second-order valence-corrected chi connectivity index (χ2v) is 4.77. The van der Waals surface area contributed by atoms with Gasteiger partial charge in [0, 0.05) is 25.0 Å². The zero-order valence-electron chi connectivity index (χ0n) is 9.70. The quantitative estimate of drug-likeness (QED) is 0.693. The Bertz CT molecular complexity index is 236. The lowest BCUT2D eigenvalue weighted by molar-refractivity contribution is -0.130. The third kappa shape index (κ3) is 2.32. The molecule has 4 heteroatoms. The van der Waals surface area contributed by atoms with Crippen molar-refractivity contribution < 1.29 is 4.79 Å². The molecule has 2 rings (SSSR count). The first-order valence-electron chi connectivity index (χ1n) is 5.86. The van der Waals surface area contributed by atoms with E-state index in [-0.39, 0.29) is 0 Å². The molecule has 15 heavy (non-hydrogen) atoms. The molecule has 1 N–H and O–H groups in total. The van der Waals surface area contributed by atoms with Gasteiger partial charge in [-0.3, -0.25) is 4.79 Å². The summed E-state index contributed by atoms with van der Waals surface area (Å²) >= 11 is 0. The van der Waals surface area contributed by atoms with Crippen LogP contribution in [-0.2, 0) is 4.79 Å². The third-order valence-electron chi connectivity index (χ3n) is 3.70. The van der Waals surface area contributed by atoms with E-state index in [1.54, 1.807) is 0 Å². The van der Waals surface area contributed by atoms with Gasteiger partial charge in [-0.2, -0.15) is 0 Å². The Hall–Kier alpha value is -0.610. The number of carbonyl (C=O) groups excluding carboxylic acids is 1. The van der Waals surface area contributed by atoms with Crippen LogP contribution in [0, 0.1) is 0 Å². The van der Waals surface area contributed by atoms with Crippen LogP contribution < -0.4 is 5.32 Å². The topological polar surface area (TPSA) is 35.6 Å². The van der Waals surface area contributed by atoms with Crippen molar-refractivity contribution in [3.05, 3.63) is 0 Å². The van der Waals surface area contributed by atoms with Gasteiger partial charge in [-0.05, 0) is 40.0 Å². The Balaban J connectivity index is 1.91. The maximum absolute atomic E-state index is 11.8. The lowest BCUT2D eigenvalue weighted by Crippen LogP contribution is -2.45. The normalized spacial score (nSPS) is 30.1. The fourth-order valence-corrected chi connectivity index (χ4v) is 2.58. The van der Waals surface area contributed by atoms with Crippen molar-refractivity contribution in [1.29, 1.82) is 0 Å². The van der Waals surface area contributed by atoms with Gasteiger partial charge < -0.3 is 15.1 Å². The van der Waals surface area contributed by atoms with Crippen LogP contribution in [0.25, 0.3) is 0 Å². The zero-order valence-corrected chi connectivity index (χ0v) is 9.70. The van der Waals surface area contributed by atoms with Crippen molar-refractivity contribution in [1.82, 2.24) is 15.1 Å². The van der Waals surface area contributed by atoms with E-state index in [1.165, 1.54) is 0 Å². The molecule has 1 atom stereocenters. The first kappa shape index (κ1) is 10.9. The van der Waals surface area contributed by atoms with E-state index in [1.807, 2.05) is 7.05 Å². The summed E-state index contributed by atoms with van der Waals surface area (Å²) < 4.78 is 0. The summed E-state index contributed by atoms with van der Waals surface area (Å²) in [5.41, 5.74) is 0. The van der Waals surface area contributed by atoms with Crippen LogP contribution in [0.1, 0.15) is 19.3 Å². The van der Waals surface area contributed by atoms with Gasteiger partial charge in [0.25, 0.3) is 0 Å². The monoisotopic (exact) mass is 211 g/mol. The lowest BCUT2D eigenvalue weighted by Gasteiger charge is -2.35. The SMILES string of the molecule is CNC1CC(=O)N(C2CCN(C)CC2)C1. The van der Waals surface area contributed by atoms with E-state index in [0.717, 1.165) is 32.5 Å². The highest BCUT2D eigenvalue weighted by molar-refractivity contribution is 5.79. The number of hydrogen-bond acceptors (Lipinski definition) is 3. The Morgan fingerprint density at radius 1 is 1.33 bits per heavy atom. The van der Waals surface area contributed by atoms with Gasteiger partial charge in [0.1, 0.15) is 0 Å². The van der Waals surface area contributed by atoms with E-state index < -0.39 is 0 Å². The van der Waals surface area contributed by atoms with Crippen LogP contribution in [0.2, 0.25) is 0 Å². The Morgan fingerprint density at radius 2 is 2.00 bits per heavy atom. The summed E-state index contributed by atoms with van der Waals surface area (Å²) in [6, 6.07) is 0.865. The summed E-state index contributed by atoms with van der Waals surface area (Å²) in [5, 5.41) is 3.20. The van der Waals surface area contributed by atoms with E-state index >= 15 is 0 Å². The van der Waals surface area contributed by atoms with Crippen molar-refractivity contribution >= 4 is 5.91 Å². The second-order valence-electron chi connectivity index (χ2n) is 4.77. The summed E-state index contributed by atoms with van der Waals surface area (Å²) in [4.78, 5) is 16.2.